The maximum absolute atomic E-state index is 13.1. The zero-order valence-electron chi connectivity index (χ0n) is 61.1. The highest BCUT2D eigenvalue weighted by Crippen LogP contribution is 2.45. The van der Waals surface area contributed by atoms with Gasteiger partial charge in [0, 0.05) is 25.7 Å². The summed E-state index contributed by atoms with van der Waals surface area (Å²) in [6, 6.07) is 0. The average molecular weight is 1380 g/mol. The van der Waals surface area contributed by atoms with Gasteiger partial charge in [-0.15, -0.1) is 0 Å². The largest absolute Gasteiger partial charge is 0.472 e. The van der Waals surface area contributed by atoms with E-state index in [1.807, 2.05) is 0 Å². The number of unbranched alkanes of at least 4 members (excludes halogenated alkanes) is 47. The number of esters is 4. The zero-order valence-corrected chi connectivity index (χ0v) is 62.9. The van der Waals surface area contributed by atoms with Gasteiger partial charge in [-0.05, 0) is 31.6 Å². The first-order valence-electron chi connectivity index (χ1n) is 39.1. The summed E-state index contributed by atoms with van der Waals surface area (Å²) < 4.78 is 68.2. The number of aliphatic hydroxyl groups excluding tert-OH is 1. The maximum Gasteiger partial charge on any atom is 0.472 e. The Morgan fingerprint density at radius 2 is 0.489 bits per heavy atom. The van der Waals surface area contributed by atoms with Gasteiger partial charge in [0.1, 0.15) is 19.3 Å². The SMILES string of the molecule is CCCCCCCCCCCCCCCCCCCCCC(=O)OC[C@H](COP(=O)(O)OC[C@@H](O)COP(=O)(O)OC[C@@H](COC(=O)CCCCCCC)OC(=O)CCCCCCCCCCCCC)OC(=O)CCCCCCCCCCCCCCCCCCC(C)C. The van der Waals surface area contributed by atoms with Gasteiger partial charge in [0.05, 0.1) is 26.4 Å². The molecule has 0 amide bonds. The molecule has 0 heterocycles. The van der Waals surface area contributed by atoms with E-state index < -0.39 is 97.5 Å². The van der Waals surface area contributed by atoms with E-state index in [4.69, 9.17) is 37.0 Å². The van der Waals surface area contributed by atoms with Crippen molar-refractivity contribution in [3.63, 3.8) is 0 Å². The van der Waals surface area contributed by atoms with Gasteiger partial charge >= 0.3 is 39.5 Å². The Labute approximate surface area is 575 Å². The van der Waals surface area contributed by atoms with Crippen molar-refractivity contribution in [1.82, 2.24) is 0 Å². The minimum atomic E-state index is -4.95. The van der Waals surface area contributed by atoms with Crippen molar-refractivity contribution >= 4 is 39.5 Å². The van der Waals surface area contributed by atoms with Crippen LogP contribution in [0.25, 0.3) is 0 Å². The molecule has 0 fully saturated rings. The molecule has 0 bridgehead atoms. The molecule has 5 atom stereocenters. The molecule has 0 aliphatic carbocycles. The number of aliphatic hydroxyl groups is 1. The van der Waals surface area contributed by atoms with Gasteiger partial charge in [-0.3, -0.25) is 37.3 Å². The number of phosphoric ester groups is 2. The number of carbonyl (C=O) groups excluding carboxylic acids is 4. The van der Waals surface area contributed by atoms with Gasteiger partial charge in [0.25, 0.3) is 0 Å². The first-order valence-corrected chi connectivity index (χ1v) is 42.1. The van der Waals surface area contributed by atoms with Crippen LogP contribution in [-0.2, 0) is 65.4 Å². The number of hydrogen-bond donors (Lipinski definition) is 3. The van der Waals surface area contributed by atoms with Gasteiger partial charge in [0.15, 0.2) is 12.2 Å². The van der Waals surface area contributed by atoms with Crippen LogP contribution in [0.4, 0.5) is 0 Å². The van der Waals surface area contributed by atoms with Crippen molar-refractivity contribution in [3.05, 3.63) is 0 Å². The predicted octanol–water partition coefficient (Wildman–Crippen LogP) is 22.1. The highest BCUT2D eigenvalue weighted by molar-refractivity contribution is 7.47. The van der Waals surface area contributed by atoms with E-state index in [-0.39, 0.29) is 25.7 Å². The second-order valence-electron chi connectivity index (χ2n) is 27.5. The van der Waals surface area contributed by atoms with Crippen LogP contribution in [0, 0.1) is 5.92 Å². The van der Waals surface area contributed by atoms with E-state index in [2.05, 4.69) is 34.6 Å². The lowest BCUT2D eigenvalue weighted by Crippen LogP contribution is -2.30. The van der Waals surface area contributed by atoms with Crippen LogP contribution in [0.15, 0.2) is 0 Å². The smallest absolute Gasteiger partial charge is 0.462 e. The zero-order chi connectivity index (χ0) is 69.1. The fraction of sp³-hybridized carbons (Fsp3) is 0.947. The molecule has 0 aromatic carbocycles. The fourth-order valence-electron chi connectivity index (χ4n) is 11.5. The number of hydrogen-bond acceptors (Lipinski definition) is 15. The van der Waals surface area contributed by atoms with Gasteiger partial charge in [-0.25, -0.2) is 9.13 Å². The summed E-state index contributed by atoms with van der Waals surface area (Å²) in [4.78, 5) is 72.4. The third-order valence-corrected chi connectivity index (χ3v) is 19.4. The van der Waals surface area contributed by atoms with Gasteiger partial charge in [-0.1, -0.05) is 343 Å². The van der Waals surface area contributed by atoms with Crippen molar-refractivity contribution < 1.29 is 80.2 Å². The molecule has 0 spiro atoms. The topological polar surface area (TPSA) is 237 Å². The van der Waals surface area contributed by atoms with Gasteiger partial charge in [0.2, 0.25) is 0 Å². The van der Waals surface area contributed by atoms with Crippen molar-refractivity contribution in [2.75, 3.05) is 39.6 Å². The van der Waals surface area contributed by atoms with E-state index in [1.54, 1.807) is 0 Å². The molecular formula is C75H146O17P2. The minimum Gasteiger partial charge on any atom is -0.462 e. The Morgan fingerprint density at radius 3 is 0.723 bits per heavy atom. The summed E-state index contributed by atoms with van der Waals surface area (Å²) in [6.07, 6.45) is 57.4. The summed E-state index contributed by atoms with van der Waals surface area (Å²) in [5.41, 5.74) is 0. The van der Waals surface area contributed by atoms with Crippen LogP contribution in [0.3, 0.4) is 0 Å². The Kier molecular flexibility index (Phi) is 66.8. The molecule has 0 saturated heterocycles. The van der Waals surface area contributed by atoms with Crippen LogP contribution in [0.1, 0.15) is 394 Å². The third kappa shape index (κ3) is 68.6. The second kappa shape index (κ2) is 68.2. The monoisotopic (exact) mass is 1380 g/mol. The summed E-state index contributed by atoms with van der Waals surface area (Å²) in [7, 11) is -9.90. The number of rotatable bonds is 75. The standard InChI is InChI=1S/C75H146O17P2/c1-6-9-12-15-17-19-21-22-23-24-25-26-30-33-37-40-44-49-54-59-73(78)86-65-71(92-75(80)61-56-51-46-42-38-34-31-28-27-29-32-36-39-43-48-52-57-68(4)5)67-90-94(83,84)88-63-69(76)62-87-93(81,82)89-66-70(64-85-72(77)58-53-47-14-11-8-3)91-74(79)60-55-50-45-41-35-20-18-16-13-10-7-2/h68-71,76H,6-67H2,1-5H3,(H,81,82)(H,83,84)/t69-,70+,71+/m0/s1. The van der Waals surface area contributed by atoms with Crippen LogP contribution in [-0.4, -0.2) is 96.7 Å². The van der Waals surface area contributed by atoms with Crippen LogP contribution < -0.4 is 0 Å². The Hall–Kier alpha value is -1.94. The Balaban J connectivity index is 5.12. The molecule has 0 aliphatic rings. The van der Waals surface area contributed by atoms with Crippen LogP contribution >= 0.6 is 15.6 Å². The fourth-order valence-corrected chi connectivity index (χ4v) is 13.1. The van der Waals surface area contributed by atoms with Crippen molar-refractivity contribution in [2.24, 2.45) is 5.92 Å². The number of phosphoric acid groups is 2. The van der Waals surface area contributed by atoms with E-state index in [1.165, 1.54) is 212 Å². The first-order chi connectivity index (χ1) is 45.5. The van der Waals surface area contributed by atoms with E-state index >= 15 is 0 Å². The summed E-state index contributed by atoms with van der Waals surface area (Å²) >= 11 is 0. The highest BCUT2D eigenvalue weighted by atomic mass is 31.2. The Morgan fingerprint density at radius 1 is 0.287 bits per heavy atom. The Bertz CT molecular complexity index is 1810. The molecule has 0 radical (unpaired) electrons. The molecule has 17 nitrogen and oxygen atoms in total. The first kappa shape index (κ1) is 92.1. The lowest BCUT2D eigenvalue weighted by molar-refractivity contribution is -0.161. The van der Waals surface area contributed by atoms with Crippen molar-refractivity contribution in [1.29, 1.82) is 0 Å². The summed E-state index contributed by atoms with van der Waals surface area (Å²) in [5, 5.41) is 10.6. The lowest BCUT2D eigenvalue weighted by Gasteiger charge is -2.21. The molecule has 0 saturated carbocycles. The normalized spacial score (nSPS) is 14.0. The minimum absolute atomic E-state index is 0.106. The van der Waals surface area contributed by atoms with Gasteiger partial charge in [-0.2, -0.15) is 0 Å². The van der Waals surface area contributed by atoms with Crippen LogP contribution in [0.2, 0.25) is 0 Å². The molecular weight excluding hydrogens is 1230 g/mol. The van der Waals surface area contributed by atoms with E-state index in [9.17, 15) is 43.2 Å². The number of carbonyl (C=O) groups is 4. The maximum atomic E-state index is 13.1. The summed E-state index contributed by atoms with van der Waals surface area (Å²) in [6.45, 7) is 7.22. The molecule has 3 N–H and O–H groups in total. The van der Waals surface area contributed by atoms with E-state index in [0.29, 0.717) is 25.7 Å². The highest BCUT2D eigenvalue weighted by Gasteiger charge is 2.30. The lowest BCUT2D eigenvalue weighted by atomic mass is 10.0. The number of ether oxygens (including phenoxy) is 4. The van der Waals surface area contributed by atoms with Crippen molar-refractivity contribution in [3.8, 4) is 0 Å². The molecule has 2 unspecified atom stereocenters. The summed E-state index contributed by atoms with van der Waals surface area (Å²) in [5.74, 6) is -1.32. The third-order valence-electron chi connectivity index (χ3n) is 17.5. The average Bonchev–Trinajstić information content (AvgIpc) is 1.82. The van der Waals surface area contributed by atoms with Crippen molar-refractivity contribution in [2.45, 2.75) is 412 Å². The quantitative estimate of drug-likeness (QED) is 0.0222. The molecule has 558 valence electrons. The molecule has 19 heteroatoms. The second-order valence-corrected chi connectivity index (χ2v) is 30.4. The van der Waals surface area contributed by atoms with Crippen LogP contribution in [0.5, 0.6) is 0 Å². The molecule has 0 aromatic rings. The predicted molar refractivity (Wildman–Crippen MR) is 382 cm³/mol. The molecule has 94 heavy (non-hydrogen) atoms. The van der Waals surface area contributed by atoms with Gasteiger partial charge < -0.3 is 33.8 Å². The van der Waals surface area contributed by atoms with E-state index in [0.717, 1.165) is 102 Å². The molecule has 0 rings (SSSR count). The molecule has 0 aromatic heterocycles. The molecule has 0 aliphatic heterocycles.